The number of hydrogen-bond acceptors (Lipinski definition) is 3. The van der Waals surface area contributed by atoms with Gasteiger partial charge in [0.15, 0.2) is 0 Å². The van der Waals surface area contributed by atoms with E-state index < -0.39 is 0 Å². The number of anilines is 1. The van der Waals surface area contributed by atoms with Crippen LogP contribution >= 0.6 is 0 Å². The molecule has 2 fully saturated rings. The van der Waals surface area contributed by atoms with Gasteiger partial charge in [0, 0.05) is 30.4 Å². The van der Waals surface area contributed by atoms with Gasteiger partial charge in [-0.15, -0.1) is 0 Å². The van der Waals surface area contributed by atoms with E-state index in [-0.39, 0.29) is 0 Å². The Kier molecular flexibility index (Phi) is 3.65. The van der Waals surface area contributed by atoms with Gasteiger partial charge in [-0.3, -0.25) is 4.90 Å². The second-order valence-corrected chi connectivity index (χ2v) is 5.81. The molecule has 3 rings (SSSR count). The van der Waals surface area contributed by atoms with Gasteiger partial charge in [-0.25, -0.2) is 0 Å². The first-order valence-electron chi connectivity index (χ1n) is 7.51. The molecule has 0 aromatic heterocycles. The number of likely N-dealkylation sites (tertiary alicyclic amines) is 1. The van der Waals surface area contributed by atoms with E-state index in [1.807, 2.05) is 19.1 Å². The fraction of sp³-hybridized carbons (Fsp3) is 0.625. The second-order valence-electron chi connectivity index (χ2n) is 5.81. The van der Waals surface area contributed by atoms with Crippen LogP contribution in [0.1, 0.15) is 33.1 Å². The Labute approximate surface area is 115 Å². The predicted molar refractivity (Wildman–Crippen MR) is 78.8 cm³/mol. The average molecular weight is 260 g/mol. The molecule has 1 saturated heterocycles. The Morgan fingerprint density at radius 1 is 1.26 bits per heavy atom. The van der Waals surface area contributed by atoms with Crippen LogP contribution in [-0.2, 0) is 0 Å². The first-order valence-corrected chi connectivity index (χ1v) is 7.51. The largest absolute Gasteiger partial charge is 0.494 e. The standard InChI is InChI=1S/C16H24N2O/c1-3-19-16-8-4-13(5-9-16)17-14-10-12(2)18(11-14)15-6-7-15/h4-5,8-9,12,14-15,17H,3,6-7,10-11H2,1-2H3. The van der Waals surface area contributed by atoms with Gasteiger partial charge in [-0.2, -0.15) is 0 Å². The fourth-order valence-electron chi connectivity index (χ4n) is 3.13. The fourth-order valence-corrected chi connectivity index (χ4v) is 3.13. The van der Waals surface area contributed by atoms with Crippen LogP contribution in [0.4, 0.5) is 5.69 Å². The smallest absolute Gasteiger partial charge is 0.119 e. The maximum atomic E-state index is 5.47. The van der Waals surface area contributed by atoms with Crippen LogP contribution in [0, 0.1) is 0 Å². The van der Waals surface area contributed by atoms with Crippen LogP contribution in [0.2, 0.25) is 0 Å². The molecule has 1 aliphatic carbocycles. The summed E-state index contributed by atoms with van der Waals surface area (Å²) in [4.78, 5) is 2.67. The summed E-state index contributed by atoms with van der Waals surface area (Å²) in [5.41, 5.74) is 1.21. The maximum Gasteiger partial charge on any atom is 0.119 e. The number of ether oxygens (including phenoxy) is 1. The molecule has 2 unspecified atom stereocenters. The lowest BCUT2D eigenvalue weighted by molar-refractivity contribution is 0.257. The van der Waals surface area contributed by atoms with Crippen LogP contribution in [0.25, 0.3) is 0 Å². The van der Waals surface area contributed by atoms with Gasteiger partial charge in [-0.1, -0.05) is 0 Å². The summed E-state index contributed by atoms with van der Waals surface area (Å²) in [6.45, 7) is 6.29. The summed E-state index contributed by atoms with van der Waals surface area (Å²) in [6, 6.07) is 10.5. The SMILES string of the molecule is CCOc1ccc(NC2CC(C)N(C3CC3)C2)cc1. The number of hydrogen-bond donors (Lipinski definition) is 1. The summed E-state index contributed by atoms with van der Waals surface area (Å²) < 4.78 is 5.47. The third-order valence-corrected chi connectivity index (χ3v) is 4.17. The van der Waals surface area contributed by atoms with Gasteiger partial charge in [0.05, 0.1) is 6.61 Å². The van der Waals surface area contributed by atoms with Crippen molar-refractivity contribution in [3.05, 3.63) is 24.3 Å². The molecule has 2 aliphatic rings. The van der Waals surface area contributed by atoms with Gasteiger partial charge in [-0.05, 0) is 57.4 Å². The predicted octanol–water partition coefficient (Wildman–Crippen LogP) is 3.12. The minimum absolute atomic E-state index is 0.591. The lowest BCUT2D eigenvalue weighted by Crippen LogP contribution is -2.30. The number of nitrogens with one attached hydrogen (secondary N) is 1. The van der Waals surface area contributed by atoms with Gasteiger partial charge >= 0.3 is 0 Å². The van der Waals surface area contributed by atoms with E-state index >= 15 is 0 Å². The van der Waals surface area contributed by atoms with Crippen molar-refractivity contribution in [3.63, 3.8) is 0 Å². The van der Waals surface area contributed by atoms with E-state index in [2.05, 4.69) is 29.3 Å². The molecule has 104 valence electrons. The van der Waals surface area contributed by atoms with Crippen LogP contribution in [-0.4, -0.2) is 36.2 Å². The topological polar surface area (TPSA) is 24.5 Å². The van der Waals surface area contributed by atoms with Gasteiger partial charge in [0.25, 0.3) is 0 Å². The van der Waals surface area contributed by atoms with Crippen LogP contribution in [0.5, 0.6) is 5.75 Å². The Balaban J connectivity index is 1.56. The molecule has 2 atom stereocenters. The van der Waals surface area contributed by atoms with Crippen molar-refractivity contribution in [2.45, 2.75) is 51.2 Å². The van der Waals surface area contributed by atoms with Crippen molar-refractivity contribution >= 4 is 5.69 Å². The Morgan fingerprint density at radius 2 is 2.00 bits per heavy atom. The minimum Gasteiger partial charge on any atom is -0.494 e. The summed E-state index contributed by atoms with van der Waals surface area (Å²) in [6.07, 6.45) is 4.06. The van der Waals surface area contributed by atoms with Crippen molar-refractivity contribution in [2.24, 2.45) is 0 Å². The molecule has 1 aromatic rings. The molecule has 1 aromatic carbocycles. The molecule has 1 aliphatic heterocycles. The molecule has 1 saturated carbocycles. The van der Waals surface area contributed by atoms with Gasteiger partial charge < -0.3 is 10.1 Å². The zero-order valence-corrected chi connectivity index (χ0v) is 11.9. The van der Waals surface area contributed by atoms with Crippen molar-refractivity contribution < 1.29 is 4.74 Å². The number of nitrogens with zero attached hydrogens (tertiary/aromatic N) is 1. The Bertz CT molecular complexity index is 413. The zero-order chi connectivity index (χ0) is 13.2. The highest BCUT2D eigenvalue weighted by Gasteiger charge is 2.38. The average Bonchev–Trinajstić information content (AvgIpc) is 3.17. The van der Waals surface area contributed by atoms with E-state index in [9.17, 15) is 0 Å². The highest BCUT2D eigenvalue weighted by Crippen LogP contribution is 2.34. The molecule has 0 bridgehead atoms. The summed E-state index contributed by atoms with van der Waals surface area (Å²) >= 11 is 0. The van der Waals surface area contributed by atoms with Crippen molar-refractivity contribution in [2.75, 3.05) is 18.5 Å². The quantitative estimate of drug-likeness (QED) is 0.880. The highest BCUT2D eigenvalue weighted by atomic mass is 16.5. The normalized spacial score (nSPS) is 27.5. The summed E-state index contributed by atoms with van der Waals surface area (Å²) in [5.74, 6) is 0.951. The van der Waals surface area contributed by atoms with E-state index in [0.717, 1.165) is 24.4 Å². The van der Waals surface area contributed by atoms with Crippen molar-refractivity contribution in [3.8, 4) is 5.75 Å². The first kappa shape index (κ1) is 12.8. The molecule has 19 heavy (non-hydrogen) atoms. The lowest BCUT2D eigenvalue weighted by atomic mass is 10.2. The van der Waals surface area contributed by atoms with Crippen molar-refractivity contribution in [1.29, 1.82) is 0 Å². The van der Waals surface area contributed by atoms with E-state index in [1.165, 1.54) is 31.5 Å². The first-order chi connectivity index (χ1) is 9.26. The van der Waals surface area contributed by atoms with E-state index in [0.29, 0.717) is 6.04 Å². The van der Waals surface area contributed by atoms with E-state index in [4.69, 9.17) is 4.74 Å². The zero-order valence-electron chi connectivity index (χ0n) is 11.9. The Hall–Kier alpha value is -1.22. The molecular weight excluding hydrogens is 236 g/mol. The Morgan fingerprint density at radius 3 is 2.63 bits per heavy atom. The third-order valence-electron chi connectivity index (χ3n) is 4.17. The highest BCUT2D eigenvalue weighted by molar-refractivity contribution is 5.47. The number of benzene rings is 1. The van der Waals surface area contributed by atoms with E-state index in [1.54, 1.807) is 0 Å². The summed E-state index contributed by atoms with van der Waals surface area (Å²) in [7, 11) is 0. The van der Waals surface area contributed by atoms with Crippen molar-refractivity contribution in [1.82, 2.24) is 4.90 Å². The second kappa shape index (κ2) is 5.41. The van der Waals surface area contributed by atoms with Crippen LogP contribution < -0.4 is 10.1 Å². The minimum atomic E-state index is 0.591. The third kappa shape index (κ3) is 3.03. The van der Waals surface area contributed by atoms with Crippen LogP contribution in [0.3, 0.4) is 0 Å². The lowest BCUT2D eigenvalue weighted by Gasteiger charge is -2.20. The van der Waals surface area contributed by atoms with Gasteiger partial charge in [0.1, 0.15) is 5.75 Å². The molecule has 0 spiro atoms. The molecule has 3 heteroatoms. The number of rotatable bonds is 5. The maximum absolute atomic E-state index is 5.47. The molecule has 0 amide bonds. The molecular formula is C16H24N2O. The van der Waals surface area contributed by atoms with Crippen LogP contribution in [0.15, 0.2) is 24.3 Å². The molecule has 0 radical (unpaired) electrons. The molecule has 1 heterocycles. The monoisotopic (exact) mass is 260 g/mol. The van der Waals surface area contributed by atoms with Gasteiger partial charge in [0.2, 0.25) is 0 Å². The molecule has 3 nitrogen and oxygen atoms in total. The summed E-state index contributed by atoms with van der Waals surface area (Å²) in [5, 5.41) is 3.66. The molecule has 1 N–H and O–H groups in total.